The Morgan fingerprint density at radius 3 is 2.78 bits per heavy atom. The van der Waals surface area contributed by atoms with Crippen molar-refractivity contribution in [3.05, 3.63) is 69.3 Å². The van der Waals surface area contributed by atoms with E-state index in [1.807, 2.05) is 25.2 Å². The van der Waals surface area contributed by atoms with Crippen LogP contribution < -0.4 is 15.0 Å². The number of rotatable bonds is 3. The summed E-state index contributed by atoms with van der Waals surface area (Å²) in [4.78, 5) is 25.1. The first-order chi connectivity index (χ1) is 15.4. The number of ether oxygens (including phenoxy) is 1. The molecule has 10 heteroatoms. The maximum atomic E-state index is 13.0. The molecule has 3 aromatic rings. The molecule has 0 spiro atoms. The second-order valence-electron chi connectivity index (χ2n) is 7.74. The van der Waals surface area contributed by atoms with Gasteiger partial charge in [-0.1, -0.05) is 35.3 Å². The Labute approximate surface area is 194 Å². The Kier molecular flexibility index (Phi) is 5.38. The Hall–Kier alpha value is -2.91. The average molecular weight is 472 g/mol. The minimum absolute atomic E-state index is 0.0746. The highest BCUT2D eigenvalue weighted by molar-refractivity contribution is 6.40. The molecule has 5 rings (SSSR count). The number of para-hydroxylation sites is 1. The molecule has 2 N–H and O–H groups in total. The number of nitrogens with zero attached hydrogens (tertiary/aromatic N) is 4. The monoisotopic (exact) mass is 471 g/mol. The second-order valence-corrected chi connectivity index (χ2v) is 8.55. The Morgan fingerprint density at radius 1 is 1.22 bits per heavy atom. The number of halogens is 2. The third kappa shape index (κ3) is 3.75. The van der Waals surface area contributed by atoms with Gasteiger partial charge in [0.25, 0.3) is 5.91 Å². The topological polar surface area (TPSA) is 90.8 Å². The number of hydrogen-bond acceptors (Lipinski definition) is 7. The molecule has 2 aromatic carbocycles. The molecule has 1 aromatic heterocycles. The van der Waals surface area contributed by atoms with E-state index in [0.717, 1.165) is 23.4 Å². The standard InChI is InChI=1S/C22H19Cl2N5O3/c1-28-9-12-7-13(5-6-14(12)18(30)10-28)26-22-25-8-15-20(27-22)32-11-29(21(15)31)19-16(23)3-2-4-17(19)24/h2-8,18,30H,9-11H2,1H3,(H,25,26,27). The van der Waals surface area contributed by atoms with Crippen molar-refractivity contribution in [3.63, 3.8) is 0 Å². The summed E-state index contributed by atoms with van der Waals surface area (Å²) in [5.74, 6) is 0.129. The lowest BCUT2D eigenvalue weighted by Gasteiger charge is -2.30. The highest BCUT2D eigenvalue weighted by Crippen LogP contribution is 2.37. The molecule has 32 heavy (non-hydrogen) atoms. The molecule has 0 aliphatic carbocycles. The number of likely N-dealkylation sites (N-methyl/N-ethyl adjacent to an activating group) is 1. The van der Waals surface area contributed by atoms with E-state index < -0.39 is 6.10 Å². The third-order valence-corrected chi connectivity index (χ3v) is 6.06. The number of carbonyl (C=O) groups excluding carboxylic acids is 1. The number of nitrogens with one attached hydrogen (secondary N) is 1. The van der Waals surface area contributed by atoms with Crippen LogP contribution in [0.2, 0.25) is 10.0 Å². The fourth-order valence-corrected chi connectivity index (χ4v) is 4.55. The van der Waals surface area contributed by atoms with Crippen molar-refractivity contribution in [2.45, 2.75) is 12.6 Å². The molecule has 1 amide bonds. The molecule has 1 atom stereocenters. The van der Waals surface area contributed by atoms with Gasteiger partial charge in [-0.15, -0.1) is 0 Å². The van der Waals surface area contributed by atoms with Crippen molar-refractivity contribution in [2.24, 2.45) is 0 Å². The van der Waals surface area contributed by atoms with Crippen LogP contribution in [0.4, 0.5) is 17.3 Å². The number of carbonyl (C=O) groups is 1. The molecule has 3 heterocycles. The summed E-state index contributed by atoms with van der Waals surface area (Å²) in [5.41, 5.74) is 3.33. The lowest BCUT2D eigenvalue weighted by Crippen LogP contribution is -2.39. The van der Waals surface area contributed by atoms with E-state index in [2.05, 4.69) is 20.2 Å². The molecular weight excluding hydrogens is 453 g/mol. The number of fused-ring (bicyclic) bond motifs is 2. The number of benzene rings is 2. The van der Waals surface area contributed by atoms with Crippen molar-refractivity contribution in [2.75, 3.05) is 30.5 Å². The highest BCUT2D eigenvalue weighted by Gasteiger charge is 2.31. The van der Waals surface area contributed by atoms with Crippen molar-refractivity contribution < 1.29 is 14.6 Å². The Balaban J connectivity index is 1.39. The third-order valence-electron chi connectivity index (χ3n) is 5.45. The summed E-state index contributed by atoms with van der Waals surface area (Å²) in [7, 11) is 1.96. The molecular formula is C22H19Cl2N5O3. The number of anilines is 3. The zero-order chi connectivity index (χ0) is 22.4. The van der Waals surface area contributed by atoms with E-state index in [0.29, 0.717) is 28.2 Å². The van der Waals surface area contributed by atoms with Crippen LogP contribution in [-0.2, 0) is 6.54 Å². The van der Waals surface area contributed by atoms with Crippen molar-refractivity contribution in [1.29, 1.82) is 0 Å². The van der Waals surface area contributed by atoms with Gasteiger partial charge in [0.2, 0.25) is 11.8 Å². The highest BCUT2D eigenvalue weighted by atomic mass is 35.5. The SMILES string of the molecule is CN1Cc2cc(Nc3ncc4c(n3)OCN(c3c(Cl)cccc3Cl)C4=O)ccc2C(O)C1. The quantitative estimate of drug-likeness (QED) is 0.596. The van der Waals surface area contributed by atoms with Crippen molar-refractivity contribution >= 4 is 46.4 Å². The van der Waals surface area contributed by atoms with E-state index in [1.54, 1.807) is 18.2 Å². The molecule has 8 nitrogen and oxygen atoms in total. The summed E-state index contributed by atoms with van der Waals surface area (Å²) < 4.78 is 5.72. The minimum Gasteiger partial charge on any atom is -0.455 e. The Bertz CT molecular complexity index is 1200. The number of aliphatic hydroxyl groups is 1. The number of β-amino-alcohol motifs (C(OH)–C–C–N with tert-alkyl or cyclic N) is 1. The average Bonchev–Trinajstić information content (AvgIpc) is 2.75. The van der Waals surface area contributed by atoms with Gasteiger partial charge in [0, 0.05) is 25.0 Å². The molecule has 1 unspecified atom stereocenters. The molecule has 0 saturated heterocycles. The van der Waals surface area contributed by atoms with Gasteiger partial charge >= 0.3 is 0 Å². The van der Waals surface area contributed by atoms with Crippen molar-refractivity contribution in [1.82, 2.24) is 14.9 Å². The van der Waals surface area contributed by atoms with E-state index in [-0.39, 0.29) is 24.1 Å². The maximum absolute atomic E-state index is 13.0. The summed E-state index contributed by atoms with van der Waals surface area (Å²) in [6.07, 6.45) is 0.909. The van der Waals surface area contributed by atoms with Gasteiger partial charge in [-0.3, -0.25) is 14.6 Å². The predicted molar refractivity (Wildman–Crippen MR) is 122 cm³/mol. The fourth-order valence-electron chi connectivity index (χ4n) is 3.95. The van der Waals surface area contributed by atoms with Gasteiger partial charge in [-0.05, 0) is 42.4 Å². The van der Waals surface area contributed by atoms with Crippen LogP contribution in [0.25, 0.3) is 0 Å². The molecule has 0 saturated carbocycles. The zero-order valence-electron chi connectivity index (χ0n) is 17.0. The first-order valence-electron chi connectivity index (χ1n) is 9.93. The smallest absolute Gasteiger partial charge is 0.268 e. The molecule has 2 aliphatic rings. The van der Waals surface area contributed by atoms with E-state index in [9.17, 15) is 9.90 Å². The largest absolute Gasteiger partial charge is 0.455 e. The van der Waals surface area contributed by atoms with Gasteiger partial charge < -0.3 is 15.2 Å². The van der Waals surface area contributed by atoms with Crippen LogP contribution in [0.1, 0.15) is 27.6 Å². The van der Waals surface area contributed by atoms with Crippen LogP contribution in [0.5, 0.6) is 5.88 Å². The van der Waals surface area contributed by atoms with Crippen LogP contribution >= 0.6 is 23.2 Å². The van der Waals surface area contributed by atoms with E-state index >= 15 is 0 Å². The fraction of sp³-hybridized carbons (Fsp3) is 0.227. The molecule has 2 aliphatic heterocycles. The van der Waals surface area contributed by atoms with Crippen LogP contribution in [0.15, 0.2) is 42.6 Å². The maximum Gasteiger partial charge on any atom is 0.268 e. The lowest BCUT2D eigenvalue weighted by molar-refractivity contribution is 0.0932. The number of hydrogen-bond donors (Lipinski definition) is 2. The van der Waals surface area contributed by atoms with Crippen LogP contribution in [-0.4, -0.2) is 46.2 Å². The van der Waals surface area contributed by atoms with Gasteiger partial charge in [-0.25, -0.2) is 4.98 Å². The number of aliphatic hydroxyl groups excluding tert-OH is 1. The normalized spacial score (nSPS) is 18.1. The minimum atomic E-state index is -0.508. The molecule has 0 fully saturated rings. The van der Waals surface area contributed by atoms with Gasteiger partial charge in [-0.2, -0.15) is 4.98 Å². The first-order valence-corrected chi connectivity index (χ1v) is 10.7. The molecule has 164 valence electrons. The number of aromatic nitrogens is 2. The van der Waals surface area contributed by atoms with Gasteiger partial charge in [0.05, 0.1) is 21.8 Å². The lowest BCUT2D eigenvalue weighted by atomic mass is 9.97. The summed E-state index contributed by atoms with van der Waals surface area (Å²) in [6.45, 7) is 1.27. The summed E-state index contributed by atoms with van der Waals surface area (Å²) >= 11 is 12.5. The number of amides is 1. The van der Waals surface area contributed by atoms with Gasteiger partial charge in [0.1, 0.15) is 5.56 Å². The first kappa shape index (κ1) is 21.0. The summed E-state index contributed by atoms with van der Waals surface area (Å²) in [5, 5.41) is 14.1. The van der Waals surface area contributed by atoms with E-state index in [4.69, 9.17) is 27.9 Å². The van der Waals surface area contributed by atoms with Crippen molar-refractivity contribution in [3.8, 4) is 5.88 Å². The second kappa shape index (κ2) is 8.22. The predicted octanol–water partition coefficient (Wildman–Crippen LogP) is 4.00. The van der Waals surface area contributed by atoms with E-state index in [1.165, 1.54) is 11.1 Å². The Morgan fingerprint density at radius 2 is 2.00 bits per heavy atom. The van der Waals surface area contributed by atoms with Crippen LogP contribution in [0, 0.1) is 0 Å². The molecule has 0 radical (unpaired) electrons. The summed E-state index contributed by atoms with van der Waals surface area (Å²) in [6, 6.07) is 10.7. The zero-order valence-corrected chi connectivity index (χ0v) is 18.6. The van der Waals surface area contributed by atoms with Crippen LogP contribution in [0.3, 0.4) is 0 Å². The van der Waals surface area contributed by atoms with Gasteiger partial charge in [0.15, 0.2) is 6.73 Å². The molecule has 0 bridgehead atoms.